The second kappa shape index (κ2) is 15.0. The molecule has 2 heterocycles. The maximum atomic E-state index is 4.79. The minimum atomic E-state index is 0. The third-order valence-corrected chi connectivity index (χ3v) is 8.61. The Balaban J connectivity index is 0.000000165. The second-order valence-electron chi connectivity index (χ2n) is 11.8. The molecule has 0 N–H and O–H groups in total. The molecular formula is C43H36IrN4-4. The number of benzene rings is 6. The summed E-state index contributed by atoms with van der Waals surface area (Å²) in [5, 5.41) is 4.02. The third kappa shape index (κ3) is 6.92. The predicted octanol–water partition coefficient (Wildman–Crippen LogP) is 12.0. The molecule has 2 aliphatic rings. The zero-order chi connectivity index (χ0) is 32.2. The van der Waals surface area contributed by atoms with Gasteiger partial charge in [-0.3, -0.25) is 0 Å². The normalized spacial score (nSPS) is 15.9. The monoisotopic (exact) mass is 801 g/mol. The van der Waals surface area contributed by atoms with Crippen molar-refractivity contribution in [1.82, 2.24) is 0 Å². The summed E-state index contributed by atoms with van der Waals surface area (Å²) < 4.78 is 0. The van der Waals surface area contributed by atoms with Gasteiger partial charge in [0.2, 0.25) is 0 Å². The molecule has 0 amide bonds. The van der Waals surface area contributed by atoms with Gasteiger partial charge in [0.25, 0.3) is 0 Å². The molecule has 0 bridgehead atoms. The molecule has 0 saturated carbocycles. The Labute approximate surface area is 298 Å². The first kappa shape index (κ1) is 33.1. The van der Waals surface area contributed by atoms with Gasteiger partial charge in [-0.25, -0.2) is 0 Å². The van der Waals surface area contributed by atoms with E-state index in [1.165, 1.54) is 38.9 Å². The van der Waals surface area contributed by atoms with Crippen molar-refractivity contribution in [1.29, 1.82) is 0 Å². The minimum absolute atomic E-state index is 0. The Morgan fingerprint density at radius 2 is 1.04 bits per heavy atom. The summed E-state index contributed by atoms with van der Waals surface area (Å²) >= 11 is 0. The first-order valence-corrected chi connectivity index (χ1v) is 16.1. The number of allylic oxidation sites excluding steroid dienone is 1. The Morgan fingerprint density at radius 1 is 0.583 bits per heavy atom. The number of anilines is 4. The molecule has 6 aromatic carbocycles. The Morgan fingerprint density at radius 3 is 1.54 bits per heavy atom. The number of rotatable bonds is 6. The number of fused-ring (bicyclic) bond motifs is 2. The molecule has 0 saturated heterocycles. The van der Waals surface area contributed by atoms with Gasteiger partial charge >= 0.3 is 0 Å². The van der Waals surface area contributed by atoms with E-state index in [9.17, 15) is 0 Å². The summed E-state index contributed by atoms with van der Waals surface area (Å²) in [7, 11) is 0. The Hall–Kier alpha value is -4.77. The van der Waals surface area contributed by atoms with Crippen molar-refractivity contribution in [2.45, 2.75) is 32.4 Å². The molecule has 2 aliphatic heterocycles. The SMILES string of the molecule is C=CCc1ccc(-c2cc[c-]c(N3[N-]C(C)c4ccccc43)c2)cc1.CC1[N-]N(c2[c-]ccc(-c3ccccc3)c2)c2ccccc21.[Ir]. The molecule has 2 atom stereocenters. The summed E-state index contributed by atoms with van der Waals surface area (Å²) in [6, 6.07) is 55.2. The van der Waals surface area contributed by atoms with Gasteiger partial charge in [0, 0.05) is 31.5 Å². The van der Waals surface area contributed by atoms with Crippen LogP contribution in [0.3, 0.4) is 0 Å². The molecule has 0 aliphatic carbocycles. The third-order valence-electron chi connectivity index (χ3n) is 8.61. The summed E-state index contributed by atoms with van der Waals surface area (Å²) in [5.74, 6) is 0. The van der Waals surface area contributed by atoms with Gasteiger partial charge < -0.3 is 20.9 Å². The van der Waals surface area contributed by atoms with Gasteiger partial charge in [0.1, 0.15) is 0 Å². The van der Waals surface area contributed by atoms with Crippen LogP contribution in [0, 0.1) is 12.1 Å². The predicted molar refractivity (Wildman–Crippen MR) is 196 cm³/mol. The summed E-state index contributed by atoms with van der Waals surface area (Å²) in [5.41, 5.74) is 22.4. The van der Waals surface area contributed by atoms with Crippen LogP contribution < -0.4 is 10.0 Å². The molecule has 0 aromatic heterocycles. The van der Waals surface area contributed by atoms with Gasteiger partial charge in [0.15, 0.2) is 0 Å². The molecule has 6 aromatic rings. The van der Waals surface area contributed by atoms with Crippen molar-refractivity contribution in [3.8, 4) is 22.3 Å². The fourth-order valence-corrected chi connectivity index (χ4v) is 6.19. The second-order valence-corrected chi connectivity index (χ2v) is 11.8. The van der Waals surface area contributed by atoms with Crippen molar-refractivity contribution in [3.63, 3.8) is 0 Å². The minimum Gasteiger partial charge on any atom is -0.558 e. The topological polar surface area (TPSA) is 34.7 Å². The van der Waals surface area contributed by atoms with Crippen LogP contribution in [0.1, 0.15) is 42.6 Å². The van der Waals surface area contributed by atoms with Crippen LogP contribution in [0.15, 0.2) is 152 Å². The first-order chi connectivity index (χ1) is 23.1. The average Bonchev–Trinajstić information content (AvgIpc) is 3.66. The van der Waals surface area contributed by atoms with Crippen LogP contribution in [0.5, 0.6) is 0 Å². The molecular weight excluding hydrogens is 765 g/mol. The van der Waals surface area contributed by atoms with Crippen LogP contribution in [0.25, 0.3) is 33.1 Å². The van der Waals surface area contributed by atoms with E-state index in [4.69, 9.17) is 10.9 Å². The van der Waals surface area contributed by atoms with Crippen molar-refractivity contribution >= 4 is 22.7 Å². The summed E-state index contributed by atoms with van der Waals surface area (Å²) in [6.45, 7) is 8.05. The number of para-hydroxylation sites is 2. The number of nitrogens with zero attached hydrogens (tertiary/aromatic N) is 4. The zero-order valence-electron chi connectivity index (χ0n) is 27.0. The quantitative estimate of drug-likeness (QED) is 0.124. The Bertz CT molecular complexity index is 1990. The van der Waals surface area contributed by atoms with E-state index in [-0.39, 0.29) is 32.2 Å². The fraction of sp³-hybridized carbons (Fsp3) is 0.116. The molecule has 2 unspecified atom stereocenters. The molecule has 0 fully saturated rings. The molecule has 1 radical (unpaired) electrons. The average molecular weight is 801 g/mol. The van der Waals surface area contributed by atoms with Gasteiger partial charge in [-0.15, -0.1) is 29.8 Å². The van der Waals surface area contributed by atoms with Crippen LogP contribution in [-0.2, 0) is 26.5 Å². The largest absolute Gasteiger partial charge is 0.558 e. The standard InChI is InChI=1S/C23H20N2.C20H16N2.Ir/c1-3-7-18-12-14-19(15-13-18)20-8-6-9-21(16-20)25-23-11-5-4-10-22(23)17(2)24-25;1-15-19-12-5-6-13-20(19)22(21-15)18-11-7-10-17(14-18)16-8-3-2-4-9-16;/h3-6,8,10-17H,1,7H2,2H3;2-10,12-15H,1H3;/q2*-2;. The van der Waals surface area contributed by atoms with E-state index in [1.807, 2.05) is 34.3 Å². The number of hydrogen-bond acceptors (Lipinski definition) is 2. The van der Waals surface area contributed by atoms with Crippen LogP contribution >= 0.6 is 0 Å². The fourth-order valence-electron chi connectivity index (χ4n) is 6.19. The number of hydrogen-bond donors (Lipinski definition) is 0. The van der Waals surface area contributed by atoms with Gasteiger partial charge in [0.05, 0.1) is 0 Å². The van der Waals surface area contributed by atoms with Crippen LogP contribution in [0.2, 0.25) is 0 Å². The van der Waals surface area contributed by atoms with Crippen LogP contribution in [0.4, 0.5) is 22.7 Å². The van der Waals surface area contributed by atoms with Gasteiger partial charge in [-0.2, -0.15) is 36.4 Å². The molecule has 0 spiro atoms. The van der Waals surface area contributed by atoms with E-state index >= 15 is 0 Å². The van der Waals surface area contributed by atoms with Gasteiger partial charge in [-0.05, 0) is 46.4 Å². The molecule has 4 nitrogen and oxygen atoms in total. The van der Waals surface area contributed by atoms with Gasteiger partial charge in [-0.1, -0.05) is 134 Å². The van der Waals surface area contributed by atoms with E-state index in [0.29, 0.717) is 0 Å². The van der Waals surface area contributed by atoms with Crippen molar-refractivity contribution in [2.24, 2.45) is 0 Å². The summed E-state index contributed by atoms with van der Waals surface area (Å²) in [6.07, 6.45) is 2.83. The maximum Gasteiger partial charge on any atom is 0.0241 e. The van der Waals surface area contributed by atoms with Crippen molar-refractivity contribution in [3.05, 3.63) is 192 Å². The maximum absolute atomic E-state index is 4.79. The van der Waals surface area contributed by atoms with Crippen molar-refractivity contribution in [2.75, 3.05) is 10.0 Å². The Kier molecular flexibility index (Phi) is 10.3. The van der Waals surface area contributed by atoms with E-state index in [2.05, 4.69) is 154 Å². The zero-order valence-corrected chi connectivity index (χ0v) is 29.4. The van der Waals surface area contributed by atoms with Crippen molar-refractivity contribution < 1.29 is 20.1 Å². The van der Waals surface area contributed by atoms with E-state index in [0.717, 1.165) is 29.2 Å². The smallest absolute Gasteiger partial charge is 0.0241 e. The van der Waals surface area contributed by atoms with E-state index < -0.39 is 0 Å². The first-order valence-electron chi connectivity index (χ1n) is 16.1. The molecule has 5 heteroatoms. The molecule has 241 valence electrons. The molecule has 8 rings (SSSR count). The van der Waals surface area contributed by atoms with Crippen LogP contribution in [-0.4, -0.2) is 0 Å². The molecule has 48 heavy (non-hydrogen) atoms. The summed E-state index contributed by atoms with van der Waals surface area (Å²) in [4.78, 5) is 0. The van der Waals surface area contributed by atoms with E-state index in [1.54, 1.807) is 0 Å².